The van der Waals surface area contributed by atoms with Gasteiger partial charge in [-0.15, -0.1) is 0 Å². The Morgan fingerprint density at radius 1 is 1.44 bits per heavy atom. The Kier molecular flexibility index (Phi) is 5.15. The van der Waals surface area contributed by atoms with Gasteiger partial charge < -0.3 is 15.5 Å². The van der Waals surface area contributed by atoms with E-state index in [1.807, 2.05) is 32.7 Å². The number of rotatable bonds is 6. The molecule has 2 N–H and O–H groups in total. The smallest absolute Gasteiger partial charge is 0.221 e. The molecule has 6 heteroatoms. The van der Waals surface area contributed by atoms with Crippen LogP contribution in [0.3, 0.4) is 0 Å². The molecule has 0 atom stereocenters. The van der Waals surface area contributed by atoms with Crippen LogP contribution in [0.15, 0.2) is 0 Å². The van der Waals surface area contributed by atoms with Gasteiger partial charge in [0.15, 0.2) is 0 Å². The van der Waals surface area contributed by atoms with Gasteiger partial charge in [0.1, 0.15) is 5.82 Å². The number of carbonyl (C=O) groups is 1. The fourth-order valence-electron chi connectivity index (χ4n) is 2.05. The van der Waals surface area contributed by atoms with Crippen molar-refractivity contribution >= 4 is 11.7 Å². The first-order valence-corrected chi connectivity index (χ1v) is 6.10. The monoisotopic (exact) mass is 253 g/mol. The predicted molar refractivity (Wildman–Crippen MR) is 72.7 cm³/mol. The molecule has 0 aromatic carbocycles. The summed E-state index contributed by atoms with van der Waals surface area (Å²) >= 11 is 0. The molecule has 1 aromatic rings. The Morgan fingerprint density at radius 3 is 2.67 bits per heavy atom. The number of anilines is 1. The zero-order valence-electron chi connectivity index (χ0n) is 11.9. The van der Waals surface area contributed by atoms with Crippen molar-refractivity contribution in [3.05, 3.63) is 11.3 Å². The van der Waals surface area contributed by atoms with Gasteiger partial charge in [0.05, 0.1) is 5.69 Å². The summed E-state index contributed by atoms with van der Waals surface area (Å²) in [5.74, 6) is 1.11. The molecule has 0 aliphatic heterocycles. The molecule has 0 radical (unpaired) electrons. The number of aryl methyl sites for hydroxylation is 2. The Balaban J connectivity index is 2.83. The van der Waals surface area contributed by atoms with E-state index in [-0.39, 0.29) is 5.91 Å². The SMILES string of the molecule is CNCc1c(C)nn(C)c1N(C)CCC(=O)NC. The lowest BCUT2D eigenvalue weighted by Crippen LogP contribution is -2.28. The van der Waals surface area contributed by atoms with Crippen LogP contribution in [0, 0.1) is 6.92 Å². The molecule has 0 aliphatic rings. The molecule has 0 saturated carbocycles. The minimum absolute atomic E-state index is 0.0518. The zero-order valence-corrected chi connectivity index (χ0v) is 11.9. The van der Waals surface area contributed by atoms with Gasteiger partial charge in [-0.05, 0) is 14.0 Å². The van der Waals surface area contributed by atoms with Gasteiger partial charge in [0, 0.05) is 46.2 Å². The van der Waals surface area contributed by atoms with E-state index in [9.17, 15) is 4.79 Å². The molecule has 1 aromatic heterocycles. The molecule has 0 saturated heterocycles. The van der Waals surface area contributed by atoms with Crippen LogP contribution in [0.5, 0.6) is 0 Å². The van der Waals surface area contributed by atoms with E-state index < -0.39 is 0 Å². The fraction of sp³-hybridized carbons (Fsp3) is 0.667. The molecule has 102 valence electrons. The maximum Gasteiger partial charge on any atom is 0.221 e. The largest absolute Gasteiger partial charge is 0.359 e. The van der Waals surface area contributed by atoms with E-state index in [2.05, 4.69) is 20.6 Å². The third-order valence-corrected chi connectivity index (χ3v) is 2.98. The van der Waals surface area contributed by atoms with Gasteiger partial charge in [-0.25, -0.2) is 0 Å². The summed E-state index contributed by atoms with van der Waals surface area (Å²) in [7, 11) is 7.49. The first-order chi connectivity index (χ1) is 8.51. The molecular formula is C12H23N5O. The lowest BCUT2D eigenvalue weighted by Gasteiger charge is -2.20. The molecular weight excluding hydrogens is 230 g/mol. The molecule has 6 nitrogen and oxygen atoms in total. The molecule has 0 unspecified atom stereocenters. The third kappa shape index (κ3) is 3.22. The van der Waals surface area contributed by atoms with E-state index in [0.717, 1.165) is 18.1 Å². The Morgan fingerprint density at radius 2 is 2.11 bits per heavy atom. The second-order valence-electron chi connectivity index (χ2n) is 4.39. The van der Waals surface area contributed by atoms with Crippen LogP contribution in [-0.2, 0) is 18.4 Å². The molecule has 1 rings (SSSR count). The van der Waals surface area contributed by atoms with Crippen molar-refractivity contribution in [3.8, 4) is 0 Å². The number of amides is 1. The third-order valence-electron chi connectivity index (χ3n) is 2.98. The van der Waals surface area contributed by atoms with Crippen molar-refractivity contribution in [3.63, 3.8) is 0 Å². The highest BCUT2D eigenvalue weighted by Crippen LogP contribution is 2.22. The number of nitrogens with one attached hydrogen (secondary N) is 2. The van der Waals surface area contributed by atoms with E-state index in [4.69, 9.17) is 0 Å². The highest BCUT2D eigenvalue weighted by molar-refractivity contribution is 5.76. The molecule has 0 aliphatic carbocycles. The van der Waals surface area contributed by atoms with E-state index in [1.165, 1.54) is 5.56 Å². The van der Waals surface area contributed by atoms with Crippen molar-refractivity contribution in [2.45, 2.75) is 19.9 Å². The molecule has 18 heavy (non-hydrogen) atoms. The van der Waals surface area contributed by atoms with Gasteiger partial charge in [0.2, 0.25) is 5.91 Å². The van der Waals surface area contributed by atoms with Gasteiger partial charge in [-0.1, -0.05) is 0 Å². The average molecular weight is 253 g/mol. The number of aromatic nitrogens is 2. The summed E-state index contributed by atoms with van der Waals surface area (Å²) in [4.78, 5) is 13.3. The van der Waals surface area contributed by atoms with Gasteiger partial charge in [-0.3, -0.25) is 9.48 Å². The molecule has 0 fully saturated rings. The quantitative estimate of drug-likeness (QED) is 0.750. The second-order valence-corrected chi connectivity index (χ2v) is 4.39. The summed E-state index contributed by atoms with van der Waals surface area (Å²) in [5.41, 5.74) is 2.20. The minimum Gasteiger partial charge on any atom is -0.359 e. The standard InChI is InChI=1S/C12H23N5O/c1-9-10(8-13-2)12(17(5)15-9)16(4)7-6-11(18)14-3/h13H,6-8H2,1-5H3,(H,14,18). The van der Waals surface area contributed by atoms with Crippen LogP contribution in [0.2, 0.25) is 0 Å². The topological polar surface area (TPSA) is 62.2 Å². The van der Waals surface area contributed by atoms with Gasteiger partial charge in [0.25, 0.3) is 0 Å². The minimum atomic E-state index is 0.0518. The number of carbonyl (C=O) groups excluding carboxylic acids is 1. The summed E-state index contributed by atoms with van der Waals surface area (Å²) in [5, 5.41) is 10.2. The van der Waals surface area contributed by atoms with Gasteiger partial charge in [-0.2, -0.15) is 5.10 Å². The van der Waals surface area contributed by atoms with Crippen LogP contribution in [0.25, 0.3) is 0 Å². The highest BCUT2D eigenvalue weighted by atomic mass is 16.1. The second kappa shape index (κ2) is 6.39. The van der Waals surface area contributed by atoms with Crippen LogP contribution in [-0.4, -0.2) is 43.4 Å². The number of nitrogens with zero attached hydrogens (tertiary/aromatic N) is 3. The summed E-state index contributed by atoms with van der Waals surface area (Å²) < 4.78 is 1.87. The van der Waals surface area contributed by atoms with Crippen molar-refractivity contribution < 1.29 is 4.79 Å². The number of hydrogen-bond donors (Lipinski definition) is 2. The Bertz CT molecular complexity index is 413. The predicted octanol–water partition coefficient (Wildman–Crippen LogP) is 0.0202. The lowest BCUT2D eigenvalue weighted by atomic mass is 10.2. The first kappa shape index (κ1) is 14.5. The van der Waals surface area contributed by atoms with Crippen molar-refractivity contribution in [2.75, 3.05) is 32.6 Å². The van der Waals surface area contributed by atoms with Crippen molar-refractivity contribution in [1.82, 2.24) is 20.4 Å². The van der Waals surface area contributed by atoms with Crippen LogP contribution < -0.4 is 15.5 Å². The Labute approximate surface area is 108 Å². The maximum absolute atomic E-state index is 11.3. The van der Waals surface area contributed by atoms with E-state index in [1.54, 1.807) is 7.05 Å². The van der Waals surface area contributed by atoms with Crippen LogP contribution in [0.4, 0.5) is 5.82 Å². The zero-order chi connectivity index (χ0) is 13.7. The van der Waals surface area contributed by atoms with Crippen molar-refractivity contribution in [1.29, 1.82) is 0 Å². The summed E-state index contributed by atoms with van der Waals surface area (Å²) in [6.07, 6.45) is 0.482. The molecule has 0 bridgehead atoms. The molecule has 1 heterocycles. The van der Waals surface area contributed by atoms with E-state index >= 15 is 0 Å². The summed E-state index contributed by atoms with van der Waals surface area (Å²) in [6, 6.07) is 0. The lowest BCUT2D eigenvalue weighted by molar-refractivity contribution is -0.120. The average Bonchev–Trinajstić information content (AvgIpc) is 2.61. The Hall–Kier alpha value is -1.56. The van der Waals surface area contributed by atoms with E-state index in [0.29, 0.717) is 13.0 Å². The first-order valence-electron chi connectivity index (χ1n) is 6.10. The van der Waals surface area contributed by atoms with Crippen LogP contribution >= 0.6 is 0 Å². The van der Waals surface area contributed by atoms with Crippen LogP contribution in [0.1, 0.15) is 17.7 Å². The maximum atomic E-state index is 11.3. The molecule has 0 spiro atoms. The summed E-state index contributed by atoms with van der Waals surface area (Å²) in [6.45, 7) is 3.46. The van der Waals surface area contributed by atoms with Crippen molar-refractivity contribution in [2.24, 2.45) is 7.05 Å². The molecule has 1 amide bonds. The number of hydrogen-bond acceptors (Lipinski definition) is 4. The fourth-order valence-corrected chi connectivity index (χ4v) is 2.05. The normalized spacial score (nSPS) is 10.5. The highest BCUT2D eigenvalue weighted by Gasteiger charge is 2.16. The van der Waals surface area contributed by atoms with Gasteiger partial charge >= 0.3 is 0 Å².